The fourth-order valence-electron chi connectivity index (χ4n) is 3.47. The lowest BCUT2D eigenvalue weighted by atomic mass is 9.96. The summed E-state index contributed by atoms with van der Waals surface area (Å²) >= 11 is 0. The Morgan fingerprint density at radius 1 is 1.06 bits per heavy atom. The summed E-state index contributed by atoms with van der Waals surface area (Å²) in [5.74, 6) is -0.989. The fraction of sp³-hybridized carbons (Fsp3) is 0.423. The van der Waals surface area contributed by atoms with Crippen LogP contribution in [-0.2, 0) is 20.9 Å². The zero-order valence-corrected chi connectivity index (χ0v) is 20.7. The summed E-state index contributed by atoms with van der Waals surface area (Å²) in [6.07, 6.45) is -0.829. The van der Waals surface area contributed by atoms with Gasteiger partial charge in [-0.15, -0.1) is 0 Å². The maximum atomic E-state index is 13.4. The third-order valence-electron chi connectivity index (χ3n) is 5.19. The topological polar surface area (TPSA) is 108 Å². The van der Waals surface area contributed by atoms with E-state index in [9.17, 15) is 19.5 Å². The van der Waals surface area contributed by atoms with Gasteiger partial charge in [0.1, 0.15) is 17.7 Å². The number of nitrogens with one attached hydrogen (secondary N) is 2. The SMILES string of the molecule is Cc1ccc(C)c(C(C(=O)NCc2ccccc2)N(C)C(=O)C(CO)NC(=O)OC(C)(C)C)c1. The molecular formula is C26H35N3O5. The molecule has 0 radical (unpaired) electrons. The average molecular weight is 470 g/mol. The van der Waals surface area contributed by atoms with E-state index in [1.807, 2.05) is 62.4 Å². The maximum Gasteiger partial charge on any atom is 0.408 e. The molecule has 3 amide bonds. The van der Waals surface area contributed by atoms with Crippen molar-refractivity contribution in [3.63, 3.8) is 0 Å². The number of hydrogen-bond acceptors (Lipinski definition) is 5. The predicted molar refractivity (Wildman–Crippen MR) is 130 cm³/mol. The molecule has 8 heteroatoms. The van der Waals surface area contributed by atoms with Crippen LogP contribution in [0.5, 0.6) is 0 Å². The molecule has 0 aliphatic heterocycles. The Morgan fingerprint density at radius 3 is 2.29 bits per heavy atom. The molecule has 0 fully saturated rings. The van der Waals surface area contributed by atoms with Crippen molar-refractivity contribution in [2.75, 3.05) is 13.7 Å². The number of benzene rings is 2. The number of likely N-dealkylation sites (N-methyl/N-ethyl adjacent to an activating group) is 1. The predicted octanol–water partition coefficient (Wildman–Crippen LogP) is 3.00. The molecular weight excluding hydrogens is 434 g/mol. The summed E-state index contributed by atoms with van der Waals surface area (Å²) in [5.41, 5.74) is 2.59. The van der Waals surface area contributed by atoms with E-state index in [4.69, 9.17) is 4.74 Å². The number of alkyl carbamates (subject to hydrolysis) is 1. The number of aryl methyl sites for hydroxylation is 2. The van der Waals surface area contributed by atoms with Crippen molar-refractivity contribution in [3.8, 4) is 0 Å². The quantitative estimate of drug-likeness (QED) is 0.551. The lowest BCUT2D eigenvalue weighted by Gasteiger charge is -2.32. The second-order valence-electron chi connectivity index (χ2n) is 9.30. The molecule has 3 N–H and O–H groups in total. The minimum atomic E-state index is -1.27. The number of aliphatic hydroxyl groups excluding tert-OH is 1. The number of amides is 3. The molecule has 184 valence electrons. The molecule has 2 aromatic rings. The molecule has 2 atom stereocenters. The van der Waals surface area contributed by atoms with E-state index in [2.05, 4.69) is 10.6 Å². The first-order valence-electron chi connectivity index (χ1n) is 11.2. The van der Waals surface area contributed by atoms with Crippen LogP contribution in [0.2, 0.25) is 0 Å². The van der Waals surface area contributed by atoms with Crippen molar-refractivity contribution < 1.29 is 24.2 Å². The molecule has 34 heavy (non-hydrogen) atoms. The van der Waals surface area contributed by atoms with Crippen LogP contribution in [0.4, 0.5) is 4.79 Å². The summed E-state index contributed by atoms with van der Waals surface area (Å²) in [6, 6.07) is 12.9. The molecule has 2 aromatic carbocycles. The molecule has 0 aliphatic rings. The number of hydrogen-bond donors (Lipinski definition) is 3. The molecule has 2 unspecified atom stereocenters. The molecule has 8 nitrogen and oxygen atoms in total. The number of ether oxygens (including phenoxy) is 1. The Hall–Kier alpha value is -3.39. The highest BCUT2D eigenvalue weighted by atomic mass is 16.6. The van der Waals surface area contributed by atoms with E-state index in [1.54, 1.807) is 20.8 Å². The highest BCUT2D eigenvalue weighted by Gasteiger charge is 2.34. The van der Waals surface area contributed by atoms with Gasteiger partial charge in [-0.05, 0) is 51.3 Å². The van der Waals surface area contributed by atoms with Crippen LogP contribution in [-0.4, -0.2) is 53.2 Å². The van der Waals surface area contributed by atoms with E-state index >= 15 is 0 Å². The highest BCUT2D eigenvalue weighted by Crippen LogP contribution is 2.25. The Balaban J connectivity index is 2.30. The normalized spacial score (nSPS) is 12.9. The van der Waals surface area contributed by atoms with Gasteiger partial charge in [-0.2, -0.15) is 0 Å². The molecule has 0 saturated carbocycles. The van der Waals surface area contributed by atoms with Crippen LogP contribution in [0, 0.1) is 13.8 Å². The first-order chi connectivity index (χ1) is 15.9. The first kappa shape index (κ1) is 26.9. The fourth-order valence-corrected chi connectivity index (χ4v) is 3.47. The number of carbonyl (C=O) groups is 3. The van der Waals surface area contributed by atoms with Gasteiger partial charge in [0.25, 0.3) is 0 Å². The van der Waals surface area contributed by atoms with Gasteiger partial charge < -0.3 is 25.4 Å². The van der Waals surface area contributed by atoms with E-state index in [1.165, 1.54) is 11.9 Å². The van der Waals surface area contributed by atoms with Gasteiger partial charge in [0, 0.05) is 13.6 Å². The lowest BCUT2D eigenvalue weighted by Crippen LogP contribution is -2.53. The van der Waals surface area contributed by atoms with Crippen molar-refractivity contribution in [2.24, 2.45) is 0 Å². The van der Waals surface area contributed by atoms with Crippen molar-refractivity contribution in [2.45, 2.75) is 58.8 Å². The molecule has 0 bridgehead atoms. The first-order valence-corrected chi connectivity index (χ1v) is 11.2. The Kier molecular flexibility index (Phi) is 9.20. The number of rotatable bonds is 8. The number of aliphatic hydroxyl groups is 1. The van der Waals surface area contributed by atoms with Gasteiger partial charge in [0.15, 0.2) is 0 Å². The van der Waals surface area contributed by atoms with E-state index < -0.39 is 36.3 Å². The summed E-state index contributed by atoms with van der Waals surface area (Å²) < 4.78 is 5.20. The van der Waals surface area contributed by atoms with Crippen LogP contribution in [0.25, 0.3) is 0 Å². The van der Waals surface area contributed by atoms with E-state index in [-0.39, 0.29) is 5.91 Å². The minimum Gasteiger partial charge on any atom is -0.444 e. The summed E-state index contributed by atoms with van der Waals surface area (Å²) in [4.78, 5) is 40.1. The van der Waals surface area contributed by atoms with Crippen LogP contribution in [0.15, 0.2) is 48.5 Å². The summed E-state index contributed by atoms with van der Waals surface area (Å²) in [5, 5.41) is 15.1. The summed E-state index contributed by atoms with van der Waals surface area (Å²) in [7, 11) is 1.48. The van der Waals surface area contributed by atoms with Gasteiger partial charge in [0.05, 0.1) is 6.61 Å². The molecule has 0 aliphatic carbocycles. The van der Waals surface area contributed by atoms with Gasteiger partial charge in [-0.3, -0.25) is 9.59 Å². The Morgan fingerprint density at radius 2 is 1.71 bits per heavy atom. The van der Waals surface area contributed by atoms with Gasteiger partial charge >= 0.3 is 6.09 Å². The van der Waals surface area contributed by atoms with E-state index in [0.29, 0.717) is 12.1 Å². The molecule has 0 saturated heterocycles. The lowest BCUT2D eigenvalue weighted by molar-refractivity contribution is -0.141. The van der Waals surface area contributed by atoms with Gasteiger partial charge in [-0.25, -0.2) is 4.79 Å². The van der Waals surface area contributed by atoms with Crippen LogP contribution in [0.3, 0.4) is 0 Å². The Labute approximate surface area is 201 Å². The average Bonchev–Trinajstić information content (AvgIpc) is 2.77. The van der Waals surface area contributed by atoms with Crippen molar-refractivity contribution in [3.05, 3.63) is 70.8 Å². The molecule has 0 spiro atoms. The van der Waals surface area contributed by atoms with Crippen molar-refractivity contribution >= 4 is 17.9 Å². The summed E-state index contributed by atoms with van der Waals surface area (Å²) in [6.45, 7) is 8.51. The third-order valence-corrected chi connectivity index (χ3v) is 5.19. The van der Waals surface area contributed by atoms with Crippen molar-refractivity contribution in [1.82, 2.24) is 15.5 Å². The maximum absolute atomic E-state index is 13.4. The largest absolute Gasteiger partial charge is 0.444 e. The van der Waals surface area contributed by atoms with Crippen LogP contribution in [0.1, 0.15) is 49.1 Å². The third kappa shape index (κ3) is 7.59. The van der Waals surface area contributed by atoms with E-state index in [0.717, 1.165) is 16.7 Å². The second-order valence-corrected chi connectivity index (χ2v) is 9.30. The highest BCUT2D eigenvalue weighted by molar-refractivity contribution is 5.92. The molecule has 0 aromatic heterocycles. The zero-order valence-electron chi connectivity index (χ0n) is 20.7. The number of nitrogens with zero attached hydrogens (tertiary/aromatic N) is 1. The van der Waals surface area contributed by atoms with Crippen LogP contribution >= 0.6 is 0 Å². The Bertz CT molecular complexity index is 1000. The van der Waals surface area contributed by atoms with Gasteiger partial charge in [-0.1, -0.05) is 54.1 Å². The molecule has 0 heterocycles. The van der Waals surface area contributed by atoms with Crippen LogP contribution < -0.4 is 10.6 Å². The minimum absolute atomic E-state index is 0.294. The van der Waals surface area contributed by atoms with Crippen molar-refractivity contribution in [1.29, 1.82) is 0 Å². The van der Waals surface area contributed by atoms with Gasteiger partial charge in [0.2, 0.25) is 11.8 Å². The number of carbonyl (C=O) groups excluding carboxylic acids is 3. The monoisotopic (exact) mass is 469 g/mol. The second kappa shape index (κ2) is 11.7. The zero-order chi connectivity index (χ0) is 25.5. The molecule has 2 rings (SSSR count). The smallest absolute Gasteiger partial charge is 0.408 e. The standard InChI is InChI=1S/C26H35N3O5/c1-17-12-13-18(2)20(14-17)22(23(31)27-15-19-10-8-7-9-11-19)29(6)24(32)21(16-30)28-25(33)34-26(3,4)5/h7-14,21-22,30H,15-16H2,1-6H3,(H,27,31)(H,28,33).